The van der Waals surface area contributed by atoms with Crippen LogP contribution in [-0.2, 0) is 25.6 Å². The molecule has 0 N–H and O–H groups in total. The van der Waals surface area contributed by atoms with Crippen molar-refractivity contribution < 1.29 is 28.4 Å². The summed E-state index contributed by atoms with van der Waals surface area (Å²) in [7, 11) is 2.79. The minimum absolute atomic E-state index is 0.379. The Morgan fingerprint density at radius 2 is 1.97 bits per heavy atom. The number of likely N-dealkylation sites (N-methyl/N-ethyl adjacent to an activating group) is 1. The van der Waals surface area contributed by atoms with Crippen LogP contribution in [0.4, 0.5) is 10.7 Å². The zero-order valence-corrected chi connectivity index (χ0v) is 17.8. The van der Waals surface area contributed by atoms with E-state index in [2.05, 4.69) is 19.2 Å². The van der Waals surface area contributed by atoms with Crippen LogP contribution < -0.4 is 4.57 Å². The molecule has 4 rings (SSSR count). The number of hydrogen-bond acceptors (Lipinski definition) is 7. The Balaban J connectivity index is 1.65. The summed E-state index contributed by atoms with van der Waals surface area (Å²) in [5, 5.41) is 0. The van der Waals surface area contributed by atoms with Gasteiger partial charge in [0.25, 0.3) is 5.91 Å². The van der Waals surface area contributed by atoms with Crippen LogP contribution in [0.3, 0.4) is 0 Å². The lowest BCUT2D eigenvalue weighted by Crippen LogP contribution is -2.58. The highest BCUT2D eigenvalue weighted by Crippen LogP contribution is 2.35. The number of fused-ring (bicyclic) bond motifs is 3. The van der Waals surface area contributed by atoms with Gasteiger partial charge in [0.15, 0.2) is 0 Å². The van der Waals surface area contributed by atoms with E-state index in [4.69, 9.17) is 4.74 Å². The van der Waals surface area contributed by atoms with Gasteiger partial charge in [-0.15, -0.1) is 0 Å². The van der Waals surface area contributed by atoms with Crippen molar-refractivity contribution in [3.8, 4) is 0 Å². The summed E-state index contributed by atoms with van der Waals surface area (Å²) in [6.45, 7) is 8.34. The van der Waals surface area contributed by atoms with Crippen LogP contribution in [0.25, 0.3) is 0 Å². The minimum atomic E-state index is -0.768. The molecule has 0 aromatic carbocycles. The minimum Gasteiger partial charge on any atom is -0.468 e. The number of imide groups is 1. The Hall–Kier alpha value is -2.79. The SMILES string of the molecule is COC(=O)CN1C(=O)C2C(=Nc3n2c(C)c(C)[n+]3CCN2CCOCC2)N(C)C1=O. The first-order chi connectivity index (χ1) is 14.3. The van der Waals surface area contributed by atoms with Crippen LogP contribution in [0.15, 0.2) is 4.99 Å². The van der Waals surface area contributed by atoms with Crippen LogP contribution >= 0.6 is 0 Å². The van der Waals surface area contributed by atoms with Gasteiger partial charge in [0.2, 0.25) is 11.9 Å². The Kier molecular flexibility index (Phi) is 5.33. The summed E-state index contributed by atoms with van der Waals surface area (Å²) in [5.74, 6) is -0.0976. The number of hydrogen-bond donors (Lipinski definition) is 0. The second-order valence-corrected chi connectivity index (χ2v) is 7.66. The normalized spacial score (nSPS) is 21.6. The molecule has 3 amide bonds. The highest BCUT2D eigenvalue weighted by molar-refractivity contribution is 6.21. The molecule has 1 atom stereocenters. The standard InChI is InChI=1S/C19H27N6O5/c1-12-13(2)25-15-16(21(3)19(28)24(17(15)27)11-14(26)29-4)20-18(25)23(12)6-5-22-7-9-30-10-8-22/h15H,5-11H2,1-4H3/q+1. The molecule has 1 unspecified atom stereocenters. The lowest BCUT2D eigenvalue weighted by molar-refractivity contribution is -0.688. The number of esters is 1. The van der Waals surface area contributed by atoms with Gasteiger partial charge < -0.3 is 9.47 Å². The van der Waals surface area contributed by atoms with Crippen LogP contribution in [0.2, 0.25) is 0 Å². The van der Waals surface area contributed by atoms with Crippen molar-refractivity contribution in [3.63, 3.8) is 0 Å². The van der Waals surface area contributed by atoms with Crippen LogP contribution in [0.1, 0.15) is 17.4 Å². The van der Waals surface area contributed by atoms with E-state index in [0.29, 0.717) is 11.8 Å². The van der Waals surface area contributed by atoms with Crippen molar-refractivity contribution in [3.05, 3.63) is 11.4 Å². The number of rotatable bonds is 5. The fourth-order valence-electron chi connectivity index (χ4n) is 4.18. The van der Waals surface area contributed by atoms with Crippen molar-refractivity contribution >= 4 is 29.7 Å². The molecule has 11 heteroatoms. The maximum absolute atomic E-state index is 13.2. The van der Waals surface area contributed by atoms with Crippen molar-refractivity contribution in [1.82, 2.24) is 19.3 Å². The molecule has 4 heterocycles. The van der Waals surface area contributed by atoms with Crippen molar-refractivity contribution in [1.29, 1.82) is 0 Å². The van der Waals surface area contributed by atoms with Gasteiger partial charge in [-0.25, -0.2) is 18.8 Å². The third-order valence-corrected chi connectivity index (χ3v) is 6.08. The molecular formula is C19H27N6O5+. The van der Waals surface area contributed by atoms with Gasteiger partial charge in [-0.2, -0.15) is 0 Å². The van der Waals surface area contributed by atoms with E-state index in [-0.39, 0.29) is 0 Å². The number of methoxy groups -OCH3 is 1. The number of ether oxygens (including phenoxy) is 2. The van der Waals surface area contributed by atoms with E-state index in [9.17, 15) is 14.4 Å². The van der Waals surface area contributed by atoms with Gasteiger partial charge in [-0.1, -0.05) is 4.99 Å². The van der Waals surface area contributed by atoms with Gasteiger partial charge >= 0.3 is 17.9 Å². The summed E-state index contributed by atoms with van der Waals surface area (Å²) in [5.41, 5.74) is 1.93. The third kappa shape index (κ3) is 3.18. The first-order valence-corrected chi connectivity index (χ1v) is 10.0. The fourth-order valence-corrected chi connectivity index (χ4v) is 4.18. The summed E-state index contributed by atoms with van der Waals surface area (Å²) < 4.78 is 14.0. The van der Waals surface area contributed by atoms with Gasteiger partial charge in [-0.05, 0) is 13.8 Å². The fraction of sp³-hybridized carbons (Fsp3) is 0.632. The summed E-state index contributed by atoms with van der Waals surface area (Å²) in [6, 6.07) is -1.35. The molecule has 11 nitrogen and oxygen atoms in total. The van der Waals surface area contributed by atoms with Gasteiger partial charge in [0.1, 0.15) is 17.9 Å². The zero-order valence-electron chi connectivity index (χ0n) is 17.8. The molecule has 3 aliphatic rings. The van der Waals surface area contributed by atoms with Crippen molar-refractivity contribution in [2.75, 3.05) is 53.6 Å². The first-order valence-electron chi connectivity index (χ1n) is 10.0. The quantitative estimate of drug-likeness (QED) is 0.466. The Labute approximate surface area is 174 Å². The largest absolute Gasteiger partial charge is 0.468 e. The van der Waals surface area contributed by atoms with Gasteiger partial charge in [-0.3, -0.25) is 19.4 Å². The first kappa shape index (κ1) is 20.5. The topological polar surface area (TPSA) is 101 Å². The average molecular weight is 419 g/mol. The van der Waals surface area contributed by atoms with E-state index in [1.807, 2.05) is 18.4 Å². The molecule has 0 radical (unpaired) electrons. The monoisotopic (exact) mass is 419 g/mol. The summed E-state index contributed by atoms with van der Waals surface area (Å²) in [6.07, 6.45) is 0. The van der Waals surface area contributed by atoms with E-state index in [0.717, 1.165) is 55.7 Å². The highest BCUT2D eigenvalue weighted by Gasteiger charge is 2.54. The van der Waals surface area contributed by atoms with Gasteiger partial charge in [0.05, 0.1) is 26.9 Å². The maximum Gasteiger partial charge on any atom is 0.402 e. The number of imidazole rings is 1. The number of carbonyl (C=O) groups is 3. The molecule has 0 saturated carbocycles. The second kappa shape index (κ2) is 7.80. The van der Waals surface area contributed by atoms with Crippen LogP contribution in [0.5, 0.6) is 0 Å². The summed E-state index contributed by atoms with van der Waals surface area (Å²) in [4.78, 5) is 46.9. The van der Waals surface area contributed by atoms with Crippen LogP contribution in [0, 0.1) is 13.8 Å². The summed E-state index contributed by atoms with van der Waals surface area (Å²) >= 11 is 0. The third-order valence-electron chi connectivity index (χ3n) is 6.08. The molecule has 2 fully saturated rings. The van der Waals surface area contributed by atoms with Gasteiger partial charge in [0, 0.05) is 26.7 Å². The molecule has 30 heavy (non-hydrogen) atoms. The number of carbonyl (C=O) groups excluding carboxylic acids is 3. The second-order valence-electron chi connectivity index (χ2n) is 7.66. The number of urea groups is 1. The molecule has 2 saturated heterocycles. The Morgan fingerprint density at radius 1 is 1.27 bits per heavy atom. The van der Waals surface area contributed by atoms with Crippen molar-refractivity contribution in [2.24, 2.45) is 4.99 Å². The number of aromatic nitrogens is 2. The average Bonchev–Trinajstić information content (AvgIpc) is 3.25. The zero-order chi connectivity index (χ0) is 21.6. The van der Waals surface area contributed by atoms with E-state index in [1.165, 1.54) is 12.0 Å². The molecule has 0 aliphatic carbocycles. The Bertz CT molecular complexity index is 932. The maximum atomic E-state index is 13.2. The molecular weight excluding hydrogens is 392 g/mol. The Morgan fingerprint density at radius 3 is 2.63 bits per heavy atom. The number of amides is 3. The molecule has 0 bridgehead atoms. The van der Waals surface area contributed by atoms with Crippen LogP contribution in [-0.4, -0.2) is 96.6 Å². The molecule has 1 aromatic rings. The molecule has 3 aliphatic heterocycles. The number of amidine groups is 1. The predicted molar refractivity (Wildman–Crippen MR) is 104 cm³/mol. The van der Waals surface area contributed by atoms with E-state index < -0.39 is 30.5 Å². The predicted octanol–water partition coefficient (Wildman–Crippen LogP) is -0.624. The van der Waals surface area contributed by atoms with E-state index in [1.54, 1.807) is 7.05 Å². The molecule has 0 spiro atoms. The lowest BCUT2D eigenvalue weighted by atomic mass is 10.1. The van der Waals surface area contributed by atoms with Crippen molar-refractivity contribution in [2.45, 2.75) is 26.4 Å². The highest BCUT2D eigenvalue weighted by atomic mass is 16.5. The lowest BCUT2D eigenvalue weighted by Gasteiger charge is -2.32. The molecule has 162 valence electrons. The smallest absolute Gasteiger partial charge is 0.402 e. The van der Waals surface area contributed by atoms with E-state index >= 15 is 0 Å². The molecule has 1 aromatic heterocycles. The number of morpholine rings is 1. The number of aliphatic imine (C=N–C) groups is 1. The number of nitrogens with zero attached hydrogens (tertiary/aromatic N) is 6.